The molecule has 0 spiro atoms. The normalized spacial score (nSPS) is 12.0. The quantitative estimate of drug-likeness (QED) is 0.868. The highest BCUT2D eigenvalue weighted by Crippen LogP contribution is 2.23. The van der Waals surface area contributed by atoms with Gasteiger partial charge in [0.2, 0.25) is 0 Å². The number of thioether (sulfide) groups is 1. The number of benzene rings is 1. The number of carbonyl (C=O) groups excluding carboxylic acids is 1. The first kappa shape index (κ1) is 15.4. The maximum Gasteiger partial charge on any atom is 0.255 e. The molecule has 1 N–H and O–H groups in total. The Morgan fingerprint density at radius 1 is 1.56 bits per heavy atom. The Balaban J connectivity index is 2.72. The van der Waals surface area contributed by atoms with Crippen LogP contribution in [0.2, 0.25) is 0 Å². The van der Waals surface area contributed by atoms with Gasteiger partial charge in [0.1, 0.15) is 5.75 Å². The summed E-state index contributed by atoms with van der Waals surface area (Å²) in [5.74, 6) is 2.46. The van der Waals surface area contributed by atoms with Crippen molar-refractivity contribution >= 4 is 33.6 Å². The van der Waals surface area contributed by atoms with Crippen LogP contribution in [0.1, 0.15) is 24.2 Å². The first-order valence-corrected chi connectivity index (χ1v) is 7.75. The minimum absolute atomic E-state index is 0.0939. The second kappa shape index (κ2) is 7.69. The second-order valence-corrected chi connectivity index (χ2v) is 6.11. The van der Waals surface area contributed by atoms with Crippen molar-refractivity contribution < 1.29 is 9.53 Å². The van der Waals surface area contributed by atoms with Crippen molar-refractivity contribution in [2.24, 2.45) is 0 Å². The van der Waals surface area contributed by atoms with Gasteiger partial charge in [0.25, 0.3) is 5.91 Å². The number of hydrogen-bond acceptors (Lipinski definition) is 3. The van der Waals surface area contributed by atoms with Crippen molar-refractivity contribution in [1.29, 1.82) is 0 Å². The summed E-state index contributed by atoms with van der Waals surface area (Å²) in [6, 6.07) is 5.54. The van der Waals surface area contributed by atoms with Crippen LogP contribution in [-0.2, 0) is 0 Å². The maximum atomic E-state index is 12.1. The van der Waals surface area contributed by atoms with E-state index in [0.29, 0.717) is 11.3 Å². The highest BCUT2D eigenvalue weighted by atomic mass is 79.9. The standard InChI is InChI=1S/C13H18BrNO2S/c1-4-18-8-9(2)15-13(16)11-6-5-10(14)7-12(11)17-3/h5-7,9H,4,8H2,1-3H3,(H,15,16). The summed E-state index contributed by atoms with van der Waals surface area (Å²) in [6.45, 7) is 4.11. The van der Waals surface area contributed by atoms with Gasteiger partial charge in [0.15, 0.2) is 0 Å². The second-order valence-electron chi connectivity index (χ2n) is 3.88. The maximum absolute atomic E-state index is 12.1. The number of methoxy groups -OCH3 is 1. The first-order chi connectivity index (χ1) is 8.58. The third-order valence-corrected chi connectivity index (χ3v) is 3.99. The largest absolute Gasteiger partial charge is 0.496 e. The van der Waals surface area contributed by atoms with Gasteiger partial charge < -0.3 is 10.1 Å². The molecule has 0 bridgehead atoms. The van der Waals surface area contributed by atoms with E-state index in [1.54, 1.807) is 19.2 Å². The summed E-state index contributed by atoms with van der Waals surface area (Å²) >= 11 is 5.17. The van der Waals surface area contributed by atoms with Gasteiger partial charge in [-0.25, -0.2) is 0 Å². The van der Waals surface area contributed by atoms with Crippen molar-refractivity contribution in [3.05, 3.63) is 28.2 Å². The number of ether oxygens (including phenoxy) is 1. The summed E-state index contributed by atoms with van der Waals surface area (Å²) in [7, 11) is 1.56. The van der Waals surface area contributed by atoms with E-state index in [4.69, 9.17) is 4.74 Å². The number of nitrogens with one attached hydrogen (secondary N) is 1. The Bertz CT molecular complexity index is 412. The van der Waals surface area contributed by atoms with Crippen LogP contribution in [0.15, 0.2) is 22.7 Å². The molecule has 5 heteroatoms. The Hall–Kier alpha value is -0.680. The predicted octanol–water partition coefficient (Wildman–Crippen LogP) is 3.33. The van der Waals surface area contributed by atoms with E-state index in [2.05, 4.69) is 28.2 Å². The van der Waals surface area contributed by atoms with Crippen LogP contribution >= 0.6 is 27.7 Å². The Kier molecular flexibility index (Phi) is 6.57. The van der Waals surface area contributed by atoms with E-state index in [1.807, 2.05) is 24.8 Å². The number of hydrogen-bond donors (Lipinski definition) is 1. The molecule has 1 unspecified atom stereocenters. The molecule has 1 amide bonds. The molecule has 18 heavy (non-hydrogen) atoms. The van der Waals surface area contributed by atoms with Gasteiger partial charge in [-0.15, -0.1) is 0 Å². The molecule has 0 saturated carbocycles. The van der Waals surface area contributed by atoms with Gasteiger partial charge >= 0.3 is 0 Å². The average Bonchev–Trinajstić information content (AvgIpc) is 2.35. The van der Waals surface area contributed by atoms with Gasteiger partial charge in [-0.05, 0) is 30.9 Å². The molecule has 0 heterocycles. The van der Waals surface area contributed by atoms with Crippen LogP contribution in [0.4, 0.5) is 0 Å². The molecular weight excluding hydrogens is 314 g/mol. The van der Waals surface area contributed by atoms with E-state index in [1.165, 1.54) is 0 Å². The lowest BCUT2D eigenvalue weighted by Crippen LogP contribution is -2.34. The Morgan fingerprint density at radius 3 is 2.89 bits per heavy atom. The molecule has 0 saturated heterocycles. The van der Waals surface area contributed by atoms with Gasteiger partial charge in [-0.1, -0.05) is 22.9 Å². The molecule has 0 fully saturated rings. The van der Waals surface area contributed by atoms with Crippen molar-refractivity contribution in [3.8, 4) is 5.75 Å². The molecule has 0 aromatic heterocycles. The Morgan fingerprint density at radius 2 is 2.28 bits per heavy atom. The van der Waals surface area contributed by atoms with Crippen LogP contribution in [0.25, 0.3) is 0 Å². The van der Waals surface area contributed by atoms with Crippen LogP contribution in [0, 0.1) is 0 Å². The molecule has 1 rings (SSSR count). The monoisotopic (exact) mass is 331 g/mol. The highest BCUT2D eigenvalue weighted by Gasteiger charge is 2.14. The van der Waals surface area contributed by atoms with E-state index in [0.717, 1.165) is 16.0 Å². The zero-order valence-corrected chi connectivity index (χ0v) is 13.2. The number of rotatable bonds is 6. The van der Waals surface area contributed by atoms with E-state index in [-0.39, 0.29) is 11.9 Å². The summed E-state index contributed by atoms with van der Waals surface area (Å²) in [6.07, 6.45) is 0. The first-order valence-electron chi connectivity index (χ1n) is 5.80. The van der Waals surface area contributed by atoms with E-state index in [9.17, 15) is 4.79 Å². The molecule has 1 aromatic rings. The summed E-state index contributed by atoms with van der Waals surface area (Å²) in [4.78, 5) is 12.1. The SMILES string of the molecule is CCSCC(C)NC(=O)c1ccc(Br)cc1OC. The number of carbonyl (C=O) groups is 1. The molecule has 100 valence electrons. The zero-order valence-electron chi connectivity index (χ0n) is 10.8. The van der Waals surface area contributed by atoms with Crippen molar-refractivity contribution in [2.45, 2.75) is 19.9 Å². The van der Waals surface area contributed by atoms with Gasteiger partial charge in [0.05, 0.1) is 12.7 Å². The fraction of sp³-hybridized carbons (Fsp3) is 0.462. The molecule has 3 nitrogen and oxygen atoms in total. The van der Waals surface area contributed by atoms with Gasteiger partial charge in [-0.3, -0.25) is 4.79 Å². The lowest BCUT2D eigenvalue weighted by Gasteiger charge is -2.14. The summed E-state index contributed by atoms with van der Waals surface area (Å²) in [5.41, 5.74) is 0.564. The highest BCUT2D eigenvalue weighted by molar-refractivity contribution is 9.10. The van der Waals surface area contributed by atoms with Gasteiger partial charge in [0, 0.05) is 16.3 Å². The number of halogens is 1. The molecular formula is C13H18BrNO2S. The van der Waals surface area contributed by atoms with Crippen molar-refractivity contribution in [2.75, 3.05) is 18.6 Å². The minimum Gasteiger partial charge on any atom is -0.496 e. The van der Waals surface area contributed by atoms with E-state index < -0.39 is 0 Å². The van der Waals surface area contributed by atoms with Crippen LogP contribution in [0.3, 0.4) is 0 Å². The molecule has 0 radical (unpaired) electrons. The molecule has 0 aliphatic rings. The smallest absolute Gasteiger partial charge is 0.255 e. The topological polar surface area (TPSA) is 38.3 Å². The fourth-order valence-corrected chi connectivity index (χ4v) is 2.50. The lowest BCUT2D eigenvalue weighted by atomic mass is 10.2. The fourth-order valence-electron chi connectivity index (χ4n) is 1.49. The third-order valence-electron chi connectivity index (χ3n) is 2.36. The molecule has 0 aliphatic heterocycles. The average molecular weight is 332 g/mol. The number of amides is 1. The molecule has 0 aliphatic carbocycles. The van der Waals surface area contributed by atoms with Crippen LogP contribution in [0.5, 0.6) is 5.75 Å². The van der Waals surface area contributed by atoms with Gasteiger partial charge in [-0.2, -0.15) is 11.8 Å². The lowest BCUT2D eigenvalue weighted by molar-refractivity contribution is 0.0940. The van der Waals surface area contributed by atoms with Crippen molar-refractivity contribution in [1.82, 2.24) is 5.32 Å². The summed E-state index contributed by atoms with van der Waals surface area (Å²) in [5, 5.41) is 2.97. The minimum atomic E-state index is -0.0939. The Labute approximate surface area is 121 Å². The van der Waals surface area contributed by atoms with Crippen LogP contribution < -0.4 is 10.1 Å². The zero-order chi connectivity index (χ0) is 13.5. The van der Waals surface area contributed by atoms with Crippen molar-refractivity contribution in [3.63, 3.8) is 0 Å². The van der Waals surface area contributed by atoms with Crippen LogP contribution in [-0.4, -0.2) is 30.6 Å². The predicted molar refractivity (Wildman–Crippen MR) is 80.6 cm³/mol. The molecule has 1 aromatic carbocycles. The third kappa shape index (κ3) is 4.53. The van der Waals surface area contributed by atoms with E-state index >= 15 is 0 Å². The summed E-state index contributed by atoms with van der Waals surface area (Å²) < 4.78 is 6.11. The molecule has 1 atom stereocenters.